The van der Waals surface area contributed by atoms with Crippen molar-refractivity contribution in [3.05, 3.63) is 34.1 Å². The molecule has 2 heteroatoms. The van der Waals surface area contributed by atoms with Gasteiger partial charge in [0.1, 0.15) is 5.82 Å². The number of rotatable bonds is 3. The van der Waals surface area contributed by atoms with E-state index in [1.165, 1.54) is 44.1 Å². The lowest BCUT2D eigenvalue weighted by Gasteiger charge is -2.36. The van der Waals surface area contributed by atoms with Crippen molar-refractivity contribution in [3.8, 4) is 0 Å². The number of fused-ring (bicyclic) bond motifs is 1. The van der Waals surface area contributed by atoms with Gasteiger partial charge < -0.3 is 0 Å². The van der Waals surface area contributed by atoms with Crippen LogP contribution in [0.2, 0.25) is 5.02 Å². The summed E-state index contributed by atoms with van der Waals surface area (Å²) in [4.78, 5) is 0. The highest BCUT2D eigenvalue weighted by atomic mass is 35.5. The average Bonchev–Trinajstić information content (AvgIpc) is 2.52. The normalized spacial score (nSPS) is 29.2. The summed E-state index contributed by atoms with van der Waals surface area (Å²) in [7, 11) is 0. The molecular weight excluding hydrogens is 283 g/mol. The van der Waals surface area contributed by atoms with Gasteiger partial charge in [-0.05, 0) is 67.1 Å². The molecule has 0 spiro atoms. The Kier molecular flexibility index (Phi) is 4.88. The molecule has 0 N–H and O–H groups in total. The molecule has 1 atom stereocenters. The second-order valence-corrected chi connectivity index (χ2v) is 7.48. The van der Waals surface area contributed by atoms with Crippen LogP contribution in [0, 0.1) is 23.6 Å². The lowest BCUT2D eigenvalue weighted by molar-refractivity contribution is 0.183. The minimum Gasteiger partial charge on any atom is -0.205 e. The highest BCUT2D eigenvalue weighted by molar-refractivity contribution is 6.30. The molecule has 3 rings (SSSR count). The predicted octanol–water partition coefficient (Wildman–Crippen LogP) is 6.19. The molecule has 1 unspecified atom stereocenters. The Hall–Kier alpha value is -0.560. The van der Waals surface area contributed by atoms with E-state index in [-0.39, 0.29) is 10.8 Å². The van der Waals surface area contributed by atoms with Gasteiger partial charge in [0.25, 0.3) is 0 Å². The first-order valence-corrected chi connectivity index (χ1v) is 9.02. The van der Waals surface area contributed by atoms with Crippen LogP contribution in [-0.4, -0.2) is 0 Å². The van der Waals surface area contributed by atoms with E-state index in [9.17, 15) is 4.39 Å². The Bertz CT molecular complexity index is 489. The second-order valence-electron chi connectivity index (χ2n) is 7.07. The molecular formula is C19H26ClF. The third-order valence-corrected chi connectivity index (χ3v) is 6.09. The Balaban J connectivity index is 1.63. The first kappa shape index (κ1) is 15.3. The third-order valence-electron chi connectivity index (χ3n) is 5.80. The van der Waals surface area contributed by atoms with Crippen LogP contribution in [-0.2, 0) is 12.8 Å². The Morgan fingerprint density at radius 3 is 2.57 bits per heavy atom. The molecule has 0 amide bonds. The number of benzene rings is 1. The molecule has 0 nitrogen and oxygen atoms in total. The van der Waals surface area contributed by atoms with Crippen molar-refractivity contribution < 1.29 is 4.39 Å². The van der Waals surface area contributed by atoms with Crippen LogP contribution in [0.25, 0.3) is 0 Å². The van der Waals surface area contributed by atoms with Gasteiger partial charge in [0.05, 0.1) is 5.02 Å². The number of halogens is 2. The zero-order valence-corrected chi connectivity index (χ0v) is 13.8. The predicted molar refractivity (Wildman–Crippen MR) is 87.3 cm³/mol. The first-order valence-electron chi connectivity index (χ1n) is 8.64. The van der Waals surface area contributed by atoms with Gasteiger partial charge in [-0.15, -0.1) is 0 Å². The Morgan fingerprint density at radius 2 is 1.86 bits per heavy atom. The lowest BCUT2D eigenvalue weighted by atomic mass is 9.69. The standard InChI is InChI=1S/C19H26ClF/c1-2-3-13-4-6-14(7-5-13)15-8-10-17-16(12-15)9-11-18(20)19(17)21/h9,11,13-15H,2-8,10,12H2,1H3. The molecule has 0 bridgehead atoms. The van der Waals surface area contributed by atoms with Gasteiger partial charge in [-0.3, -0.25) is 0 Å². The van der Waals surface area contributed by atoms with Crippen molar-refractivity contribution in [2.45, 2.75) is 64.7 Å². The minimum atomic E-state index is -0.167. The fourth-order valence-corrected chi connectivity index (χ4v) is 4.74. The van der Waals surface area contributed by atoms with Crippen molar-refractivity contribution in [3.63, 3.8) is 0 Å². The maximum Gasteiger partial charge on any atom is 0.145 e. The van der Waals surface area contributed by atoms with E-state index in [1.807, 2.05) is 0 Å². The monoisotopic (exact) mass is 308 g/mol. The van der Waals surface area contributed by atoms with Crippen LogP contribution in [0.15, 0.2) is 12.1 Å². The summed E-state index contributed by atoms with van der Waals surface area (Å²) in [6.45, 7) is 2.30. The molecule has 1 fully saturated rings. The molecule has 1 aromatic rings. The molecule has 2 aliphatic carbocycles. The maximum absolute atomic E-state index is 14.1. The summed E-state index contributed by atoms with van der Waals surface area (Å²) >= 11 is 5.90. The van der Waals surface area contributed by atoms with Crippen molar-refractivity contribution in [2.24, 2.45) is 17.8 Å². The summed E-state index contributed by atoms with van der Waals surface area (Å²) in [5.41, 5.74) is 2.10. The van der Waals surface area contributed by atoms with Crippen LogP contribution >= 0.6 is 11.6 Å². The van der Waals surface area contributed by atoms with Gasteiger partial charge in [-0.25, -0.2) is 4.39 Å². The molecule has 0 aromatic heterocycles. The summed E-state index contributed by atoms with van der Waals surface area (Å²) in [6.07, 6.45) is 11.4. The van der Waals surface area contributed by atoms with Gasteiger partial charge in [0.15, 0.2) is 0 Å². The zero-order chi connectivity index (χ0) is 14.8. The molecule has 1 saturated carbocycles. The van der Waals surface area contributed by atoms with Gasteiger partial charge in [0.2, 0.25) is 0 Å². The van der Waals surface area contributed by atoms with Gasteiger partial charge in [-0.1, -0.05) is 50.3 Å². The Labute approximate surface area is 133 Å². The van der Waals surface area contributed by atoms with Crippen LogP contribution in [0.5, 0.6) is 0 Å². The van der Waals surface area contributed by atoms with Gasteiger partial charge >= 0.3 is 0 Å². The Morgan fingerprint density at radius 1 is 1.10 bits per heavy atom. The lowest BCUT2D eigenvalue weighted by Crippen LogP contribution is -2.27. The minimum absolute atomic E-state index is 0.167. The quantitative estimate of drug-likeness (QED) is 0.624. The topological polar surface area (TPSA) is 0 Å². The highest BCUT2D eigenvalue weighted by Gasteiger charge is 2.31. The summed E-state index contributed by atoms with van der Waals surface area (Å²) < 4.78 is 14.1. The molecule has 1 aromatic carbocycles. The van der Waals surface area contributed by atoms with Crippen LogP contribution in [0.3, 0.4) is 0 Å². The molecule has 0 heterocycles. The average molecular weight is 309 g/mol. The van der Waals surface area contributed by atoms with Crippen LogP contribution < -0.4 is 0 Å². The highest BCUT2D eigenvalue weighted by Crippen LogP contribution is 2.41. The third kappa shape index (κ3) is 3.28. The van der Waals surface area contributed by atoms with Crippen molar-refractivity contribution in [1.29, 1.82) is 0 Å². The summed E-state index contributed by atoms with van der Waals surface area (Å²) in [5, 5.41) is 0.285. The summed E-state index contributed by atoms with van der Waals surface area (Å²) in [6, 6.07) is 3.78. The van der Waals surface area contributed by atoms with Crippen molar-refractivity contribution in [1.82, 2.24) is 0 Å². The van der Waals surface area contributed by atoms with Crippen LogP contribution in [0.4, 0.5) is 4.39 Å². The molecule has 0 saturated heterocycles. The van der Waals surface area contributed by atoms with Gasteiger partial charge in [0, 0.05) is 0 Å². The molecule has 2 aliphatic rings. The molecule has 21 heavy (non-hydrogen) atoms. The van der Waals surface area contributed by atoms with E-state index >= 15 is 0 Å². The maximum atomic E-state index is 14.1. The largest absolute Gasteiger partial charge is 0.205 e. The molecule has 0 aliphatic heterocycles. The van der Waals surface area contributed by atoms with E-state index in [4.69, 9.17) is 11.6 Å². The SMILES string of the molecule is CCCC1CCC(C2CCc3c(ccc(Cl)c3F)C2)CC1. The smallest absolute Gasteiger partial charge is 0.145 e. The summed E-state index contributed by atoms with van der Waals surface area (Å²) in [5.74, 6) is 2.43. The van der Waals surface area contributed by atoms with E-state index in [1.54, 1.807) is 6.07 Å². The first-order chi connectivity index (χ1) is 10.2. The van der Waals surface area contributed by atoms with E-state index in [2.05, 4.69) is 13.0 Å². The van der Waals surface area contributed by atoms with Gasteiger partial charge in [-0.2, -0.15) is 0 Å². The zero-order valence-electron chi connectivity index (χ0n) is 13.0. The second kappa shape index (κ2) is 6.69. The fourth-order valence-electron chi connectivity index (χ4n) is 4.57. The molecule has 0 radical (unpaired) electrons. The number of hydrogen-bond acceptors (Lipinski definition) is 0. The van der Waals surface area contributed by atoms with Crippen molar-refractivity contribution >= 4 is 11.6 Å². The number of hydrogen-bond donors (Lipinski definition) is 0. The van der Waals surface area contributed by atoms with E-state index in [0.29, 0.717) is 0 Å². The van der Waals surface area contributed by atoms with Crippen LogP contribution in [0.1, 0.15) is 63.0 Å². The van der Waals surface area contributed by atoms with E-state index < -0.39 is 0 Å². The fraction of sp³-hybridized carbons (Fsp3) is 0.684. The van der Waals surface area contributed by atoms with E-state index in [0.717, 1.165) is 42.6 Å². The molecule has 116 valence electrons. The van der Waals surface area contributed by atoms with Crippen molar-refractivity contribution in [2.75, 3.05) is 0 Å².